The van der Waals surface area contributed by atoms with E-state index in [4.69, 9.17) is 9.47 Å². The van der Waals surface area contributed by atoms with Crippen LogP contribution in [0.15, 0.2) is 47.5 Å². The lowest BCUT2D eigenvalue weighted by atomic mass is 10.1. The number of aliphatic imine (C=N–C) groups is 1. The number of hydrogen-bond acceptors (Lipinski definition) is 4. The van der Waals surface area contributed by atoms with Crippen molar-refractivity contribution in [2.24, 2.45) is 4.99 Å². The molecule has 2 aromatic rings. The standard InChI is InChI=1S/C21H28N4O3.HI/c1-5-23-21(24-14-15-7-9-16(10-8-15)20(26)22-3)25-17-11-12-18(27-4)19(13-17)28-6-2;/h7-13H,5-6,14H2,1-4H3,(H,22,26)(H2,23,24,25);1H. The van der Waals surface area contributed by atoms with Gasteiger partial charge < -0.3 is 25.4 Å². The van der Waals surface area contributed by atoms with Gasteiger partial charge in [-0.25, -0.2) is 4.99 Å². The predicted octanol–water partition coefficient (Wildman–Crippen LogP) is 3.65. The summed E-state index contributed by atoms with van der Waals surface area (Å²) < 4.78 is 10.9. The maximum atomic E-state index is 11.6. The summed E-state index contributed by atoms with van der Waals surface area (Å²) in [5.41, 5.74) is 2.48. The van der Waals surface area contributed by atoms with Crippen molar-refractivity contribution >= 4 is 41.5 Å². The molecule has 0 aromatic heterocycles. The number of halogens is 1. The zero-order chi connectivity index (χ0) is 20.4. The summed E-state index contributed by atoms with van der Waals surface area (Å²) in [4.78, 5) is 16.2. The fourth-order valence-corrected chi connectivity index (χ4v) is 2.54. The smallest absolute Gasteiger partial charge is 0.251 e. The number of carbonyl (C=O) groups is 1. The molecule has 0 unspecified atom stereocenters. The molecule has 29 heavy (non-hydrogen) atoms. The topological polar surface area (TPSA) is 84.0 Å². The Morgan fingerprint density at radius 3 is 2.38 bits per heavy atom. The molecular formula is C21H29IN4O3. The Hall–Kier alpha value is -2.49. The summed E-state index contributed by atoms with van der Waals surface area (Å²) in [6, 6.07) is 13.0. The molecule has 0 spiro atoms. The molecule has 0 aliphatic rings. The normalized spacial score (nSPS) is 10.6. The van der Waals surface area contributed by atoms with Crippen molar-refractivity contribution in [2.75, 3.05) is 32.6 Å². The van der Waals surface area contributed by atoms with Gasteiger partial charge >= 0.3 is 0 Å². The molecule has 8 heteroatoms. The molecule has 3 N–H and O–H groups in total. The maximum Gasteiger partial charge on any atom is 0.251 e. The number of hydrogen-bond donors (Lipinski definition) is 3. The van der Waals surface area contributed by atoms with Crippen molar-refractivity contribution in [1.82, 2.24) is 10.6 Å². The molecule has 2 rings (SSSR count). The second-order valence-corrected chi connectivity index (χ2v) is 5.89. The summed E-state index contributed by atoms with van der Waals surface area (Å²) in [5, 5.41) is 9.11. The lowest BCUT2D eigenvalue weighted by molar-refractivity contribution is 0.0963. The molecule has 0 saturated carbocycles. The van der Waals surface area contributed by atoms with Gasteiger partial charge in [0.25, 0.3) is 5.91 Å². The van der Waals surface area contributed by atoms with Crippen LogP contribution in [0.25, 0.3) is 0 Å². The molecular weight excluding hydrogens is 483 g/mol. The first-order valence-electron chi connectivity index (χ1n) is 9.28. The van der Waals surface area contributed by atoms with Crippen LogP contribution in [0.1, 0.15) is 29.8 Å². The molecule has 0 saturated heterocycles. The second kappa shape index (κ2) is 12.9. The molecule has 1 amide bonds. The lowest BCUT2D eigenvalue weighted by Gasteiger charge is -2.14. The summed E-state index contributed by atoms with van der Waals surface area (Å²) in [6.07, 6.45) is 0. The van der Waals surface area contributed by atoms with Gasteiger partial charge in [-0.05, 0) is 43.7 Å². The van der Waals surface area contributed by atoms with Gasteiger partial charge in [0.15, 0.2) is 17.5 Å². The number of nitrogens with zero attached hydrogens (tertiary/aromatic N) is 1. The highest BCUT2D eigenvalue weighted by atomic mass is 127. The minimum atomic E-state index is -0.102. The van der Waals surface area contributed by atoms with Crippen molar-refractivity contribution in [2.45, 2.75) is 20.4 Å². The highest BCUT2D eigenvalue weighted by molar-refractivity contribution is 14.0. The Labute approximate surface area is 189 Å². The second-order valence-electron chi connectivity index (χ2n) is 5.89. The van der Waals surface area contributed by atoms with Crippen LogP contribution in [0.5, 0.6) is 11.5 Å². The predicted molar refractivity (Wildman–Crippen MR) is 128 cm³/mol. The minimum absolute atomic E-state index is 0. The fourth-order valence-electron chi connectivity index (χ4n) is 2.54. The Morgan fingerprint density at radius 2 is 1.79 bits per heavy atom. The van der Waals surface area contributed by atoms with Crippen LogP contribution in [0, 0.1) is 0 Å². The lowest BCUT2D eigenvalue weighted by Crippen LogP contribution is -2.30. The zero-order valence-electron chi connectivity index (χ0n) is 17.2. The summed E-state index contributed by atoms with van der Waals surface area (Å²) in [7, 11) is 3.23. The quantitative estimate of drug-likeness (QED) is 0.286. The molecule has 158 valence electrons. The van der Waals surface area contributed by atoms with Crippen molar-refractivity contribution in [3.63, 3.8) is 0 Å². The average molecular weight is 512 g/mol. The number of carbonyl (C=O) groups excluding carboxylic acids is 1. The Bertz CT molecular complexity index is 810. The van der Waals surface area contributed by atoms with Gasteiger partial charge in [-0.15, -0.1) is 24.0 Å². The van der Waals surface area contributed by atoms with Gasteiger partial charge in [0.1, 0.15) is 0 Å². The number of amides is 1. The van der Waals surface area contributed by atoms with Gasteiger partial charge in [-0.3, -0.25) is 4.79 Å². The highest BCUT2D eigenvalue weighted by Gasteiger charge is 2.07. The molecule has 0 heterocycles. The van der Waals surface area contributed by atoms with Crippen LogP contribution in [0.4, 0.5) is 5.69 Å². The van der Waals surface area contributed by atoms with Crippen LogP contribution in [-0.4, -0.2) is 39.2 Å². The molecule has 2 aromatic carbocycles. The SMILES string of the molecule is CCNC(=NCc1ccc(C(=O)NC)cc1)Nc1ccc(OC)c(OCC)c1.I. The van der Waals surface area contributed by atoms with Gasteiger partial charge in [0, 0.05) is 30.9 Å². The average Bonchev–Trinajstić information content (AvgIpc) is 2.72. The van der Waals surface area contributed by atoms with Crippen LogP contribution < -0.4 is 25.4 Å². The summed E-state index contributed by atoms with van der Waals surface area (Å²) >= 11 is 0. The van der Waals surface area contributed by atoms with Crippen molar-refractivity contribution in [3.8, 4) is 11.5 Å². The van der Waals surface area contributed by atoms with E-state index in [-0.39, 0.29) is 29.9 Å². The Kier molecular flexibility index (Phi) is 10.9. The number of methoxy groups -OCH3 is 1. The van der Waals surface area contributed by atoms with Gasteiger partial charge in [0.2, 0.25) is 0 Å². The van der Waals surface area contributed by atoms with Gasteiger partial charge in [-0.1, -0.05) is 12.1 Å². The summed E-state index contributed by atoms with van der Waals surface area (Å²) in [5.74, 6) is 1.92. The van der Waals surface area contributed by atoms with Crippen molar-refractivity contribution < 1.29 is 14.3 Å². The molecule has 0 aliphatic heterocycles. The van der Waals surface area contributed by atoms with Crippen molar-refractivity contribution in [1.29, 1.82) is 0 Å². The largest absolute Gasteiger partial charge is 0.493 e. The molecule has 0 bridgehead atoms. The Morgan fingerprint density at radius 1 is 1.07 bits per heavy atom. The van der Waals surface area contributed by atoms with Crippen molar-refractivity contribution in [3.05, 3.63) is 53.6 Å². The Balaban J connectivity index is 0.00000420. The monoisotopic (exact) mass is 512 g/mol. The van der Waals surface area contributed by atoms with E-state index in [0.29, 0.717) is 36.2 Å². The van der Waals surface area contributed by atoms with Gasteiger partial charge in [-0.2, -0.15) is 0 Å². The third-order valence-corrected chi connectivity index (χ3v) is 3.93. The zero-order valence-corrected chi connectivity index (χ0v) is 19.6. The molecule has 0 atom stereocenters. The number of anilines is 1. The fraction of sp³-hybridized carbons (Fsp3) is 0.333. The number of benzene rings is 2. The molecule has 0 fully saturated rings. The minimum Gasteiger partial charge on any atom is -0.493 e. The number of rotatable bonds is 8. The highest BCUT2D eigenvalue weighted by Crippen LogP contribution is 2.30. The number of guanidine groups is 1. The van der Waals surface area contributed by atoms with Crippen LogP contribution in [-0.2, 0) is 6.54 Å². The van der Waals surface area contributed by atoms with E-state index in [1.54, 1.807) is 26.3 Å². The van der Waals surface area contributed by atoms with E-state index in [9.17, 15) is 4.79 Å². The van der Waals surface area contributed by atoms with Crippen LogP contribution in [0.2, 0.25) is 0 Å². The molecule has 0 aliphatic carbocycles. The first kappa shape index (κ1) is 24.5. The molecule has 7 nitrogen and oxygen atoms in total. The summed E-state index contributed by atoms with van der Waals surface area (Å²) in [6.45, 7) is 5.71. The van der Waals surface area contributed by atoms with Crippen LogP contribution >= 0.6 is 24.0 Å². The van der Waals surface area contributed by atoms with E-state index < -0.39 is 0 Å². The third-order valence-electron chi connectivity index (χ3n) is 3.93. The van der Waals surface area contributed by atoms with Gasteiger partial charge in [0.05, 0.1) is 20.3 Å². The van der Waals surface area contributed by atoms with Crippen LogP contribution in [0.3, 0.4) is 0 Å². The number of ether oxygens (including phenoxy) is 2. The van der Waals surface area contributed by atoms with E-state index in [1.807, 2.05) is 44.2 Å². The third kappa shape index (κ3) is 7.45. The molecule has 0 radical (unpaired) electrons. The maximum absolute atomic E-state index is 11.6. The van der Waals surface area contributed by atoms with E-state index >= 15 is 0 Å². The van der Waals surface area contributed by atoms with E-state index in [1.165, 1.54) is 0 Å². The first-order chi connectivity index (χ1) is 13.6. The number of nitrogens with one attached hydrogen (secondary N) is 3. The van der Waals surface area contributed by atoms with E-state index in [2.05, 4.69) is 20.9 Å². The van der Waals surface area contributed by atoms with E-state index in [0.717, 1.165) is 17.8 Å². The first-order valence-corrected chi connectivity index (χ1v) is 9.28.